The maximum atomic E-state index is 13.0. The van der Waals surface area contributed by atoms with Crippen molar-refractivity contribution in [3.05, 3.63) is 108 Å². The zero-order valence-corrected chi connectivity index (χ0v) is 21.3. The van der Waals surface area contributed by atoms with Crippen LogP contribution >= 0.6 is 0 Å². The van der Waals surface area contributed by atoms with Gasteiger partial charge in [-0.1, -0.05) is 66.2 Å². The smallest absolute Gasteiger partial charge is 0.338 e. The number of likely N-dealkylation sites (N-methyl/N-ethyl adjacent to an activating group) is 1. The van der Waals surface area contributed by atoms with Crippen LogP contribution in [0.2, 0.25) is 0 Å². The van der Waals surface area contributed by atoms with E-state index in [1.165, 1.54) is 6.07 Å². The molecule has 1 aliphatic heterocycles. The molecule has 0 fully saturated rings. The molecule has 0 bridgehead atoms. The molecule has 0 radical (unpaired) electrons. The largest absolute Gasteiger partial charge is 0.489 e. The first-order valence-electron chi connectivity index (χ1n) is 11.9. The van der Waals surface area contributed by atoms with Crippen molar-refractivity contribution in [3.8, 4) is 5.75 Å². The number of ether oxygens (including phenoxy) is 2. The van der Waals surface area contributed by atoms with Gasteiger partial charge in [0.25, 0.3) is 10.0 Å². The highest BCUT2D eigenvalue weighted by atomic mass is 32.2. The lowest BCUT2D eigenvalue weighted by Gasteiger charge is -2.26. The van der Waals surface area contributed by atoms with Crippen molar-refractivity contribution >= 4 is 32.6 Å². The van der Waals surface area contributed by atoms with Crippen molar-refractivity contribution in [2.24, 2.45) is 4.40 Å². The van der Waals surface area contributed by atoms with Crippen LogP contribution in [0.3, 0.4) is 0 Å². The van der Waals surface area contributed by atoms with Crippen LogP contribution in [0.4, 0.5) is 0 Å². The molecule has 0 amide bonds. The van der Waals surface area contributed by atoms with Gasteiger partial charge in [-0.15, -0.1) is 4.40 Å². The fraction of sp³-hybridized carbons (Fsp3) is 0.172. The van der Waals surface area contributed by atoms with E-state index >= 15 is 0 Å². The fourth-order valence-electron chi connectivity index (χ4n) is 4.29. The predicted octanol–water partition coefficient (Wildman–Crippen LogP) is 4.83. The number of aryl methyl sites for hydroxylation is 1. The van der Waals surface area contributed by atoms with E-state index < -0.39 is 22.1 Å². The van der Waals surface area contributed by atoms with Crippen LogP contribution in [0.25, 0.3) is 10.8 Å². The second-order valence-electron chi connectivity index (χ2n) is 8.95. The first-order chi connectivity index (χ1) is 17.8. The average molecular weight is 515 g/mol. The Balaban J connectivity index is 1.40. The SMILES string of the molecule is Cc1ccc(C(=O)OC(COc2cccc3ccccc23)CN(C)C2=NS(=O)(=O)c3ccccc32)cc1. The summed E-state index contributed by atoms with van der Waals surface area (Å²) in [5.41, 5.74) is 1.98. The third-order valence-electron chi connectivity index (χ3n) is 6.19. The first-order valence-corrected chi connectivity index (χ1v) is 13.3. The minimum atomic E-state index is -3.78. The third kappa shape index (κ3) is 5.20. The number of rotatable bonds is 7. The number of carbonyl (C=O) groups excluding carboxylic acids is 1. The average Bonchev–Trinajstić information content (AvgIpc) is 3.18. The molecule has 4 aromatic rings. The minimum absolute atomic E-state index is 0.0671. The van der Waals surface area contributed by atoms with E-state index in [0.29, 0.717) is 22.7 Å². The molecule has 188 valence electrons. The number of benzene rings is 4. The van der Waals surface area contributed by atoms with Crippen molar-refractivity contribution in [3.63, 3.8) is 0 Å². The summed E-state index contributed by atoms with van der Waals surface area (Å²) in [5.74, 6) is 0.488. The van der Waals surface area contributed by atoms with Crippen LogP contribution in [0.1, 0.15) is 21.5 Å². The predicted molar refractivity (Wildman–Crippen MR) is 143 cm³/mol. The monoisotopic (exact) mass is 514 g/mol. The highest BCUT2D eigenvalue weighted by Gasteiger charge is 2.32. The molecule has 4 aromatic carbocycles. The van der Waals surface area contributed by atoms with Crippen LogP contribution in [0, 0.1) is 6.92 Å². The summed E-state index contributed by atoms with van der Waals surface area (Å²) in [7, 11) is -2.05. The zero-order chi connectivity index (χ0) is 26.0. The quantitative estimate of drug-likeness (QED) is 0.328. The van der Waals surface area contributed by atoms with E-state index in [1.54, 1.807) is 42.3 Å². The topological polar surface area (TPSA) is 85.3 Å². The Morgan fingerprint density at radius 1 is 0.919 bits per heavy atom. The highest BCUT2D eigenvalue weighted by Crippen LogP contribution is 2.28. The maximum Gasteiger partial charge on any atom is 0.338 e. The zero-order valence-electron chi connectivity index (χ0n) is 20.5. The van der Waals surface area contributed by atoms with Crippen molar-refractivity contribution < 1.29 is 22.7 Å². The Morgan fingerprint density at radius 3 is 2.43 bits per heavy atom. The summed E-state index contributed by atoms with van der Waals surface area (Å²) in [5, 5.41) is 1.98. The van der Waals surface area contributed by atoms with Crippen molar-refractivity contribution in [2.45, 2.75) is 17.9 Å². The molecule has 0 aliphatic carbocycles. The molecule has 0 spiro atoms. The molecule has 1 aliphatic rings. The second kappa shape index (κ2) is 10.1. The molecule has 0 saturated carbocycles. The van der Waals surface area contributed by atoms with Crippen LogP contribution in [-0.2, 0) is 14.8 Å². The van der Waals surface area contributed by atoms with E-state index in [9.17, 15) is 13.2 Å². The molecular formula is C29H26N2O5S. The van der Waals surface area contributed by atoms with Gasteiger partial charge in [0.2, 0.25) is 0 Å². The number of hydrogen-bond donors (Lipinski definition) is 0. The lowest BCUT2D eigenvalue weighted by Crippen LogP contribution is -2.39. The summed E-state index contributed by atoms with van der Waals surface area (Å²) in [6, 6.07) is 27.5. The molecule has 7 nitrogen and oxygen atoms in total. The van der Waals surface area contributed by atoms with Gasteiger partial charge < -0.3 is 14.4 Å². The molecule has 37 heavy (non-hydrogen) atoms. The lowest BCUT2D eigenvalue weighted by molar-refractivity contribution is 0.0132. The number of fused-ring (bicyclic) bond motifs is 2. The number of esters is 1. The summed E-state index contributed by atoms with van der Waals surface area (Å²) in [4.78, 5) is 14.8. The molecule has 0 saturated heterocycles. The van der Waals surface area contributed by atoms with Crippen molar-refractivity contribution in [1.82, 2.24) is 4.90 Å². The van der Waals surface area contributed by atoms with Crippen LogP contribution < -0.4 is 4.74 Å². The minimum Gasteiger partial charge on any atom is -0.489 e. The Kier molecular flexibility index (Phi) is 6.67. The number of nitrogens with zero attached hydrogens (tertiary/aromatic N) is 2. The van der Waals surface area contributed by atoms with E-state index in [1.807, 2.05) is 61.5 Å². The Bertz CT molecular complexity index is 1590. The van der Waals surface area contributed by atoms with Gasteiger partial charge in [-0.3, -0.25) is 0 Å². The molecule has 0 aromatic heterocycles. The van der Waals surface area contributed by atoms with Crippen LogP contribution in [0.15, 0.2) is 100 Å². The van der Waals surface area contributed by atoms with E-state index in [4.69, 9.17) is 9.47 Å². The van der Waals surface area contributed by atoms with E-state index in [2.05, 4.69) is 4.40 Å². The number of sulfonamides is 1. The highest BCUT2D eigenvalue weighted by molar-refractivity contribution is 7.90. The summed E-state index contributed by atoms with van der Waals surface area (Å²) >= 11 is 0. The van der Waals surface area contributed by atoms with Gasteiger partial charge in [-0.05, 0) is 42.6 Å². The molecule has 1 unspecified atom stereocenters. The molecule has 5 rings (SSSR count). The van der Waals surface area contributed by atoms with Gasteiger partial charge in [0, 0.05) is 18.0 Å². The van der Waals surface area contributed by atoms with E-state index in [0.717, 1.165) is 16.3 Å². The summed E-state index contributed by atoms with van der Waals surface area (Å²) in [6.07, 6.45) is -0.712. The standard InChI is InChI=1S/C29H26N2O5S/c1-20-14-16-22(17-15-20)29(32)36-23(19-35-26-12-7-9-21-8-3-4-10-24(21)26)18-31(2)28-25-11-5-6-13-27(25)37(33,34)30-28/h3-17,23H,18-19H2,1-2H3. The normalized spacial score (nSPS) is 14.5. The van der Waals surface area contributed by atoms with Gasteiger partial charge in [0.1, 0.15) is 17.3 Å². The van der Waals surface area contributed by atoms with Gasteiger partial charge in [0.05, 0.1) is 12.1 Å². The first kappa shape index (κ1) is 24.5. The van der Waals surface area contributed by atoms with E-state index in [-0.39, 0.29) is 18.0 Å². The summed E-state index contributed by atoms with van der Waals surface area (Å²) < 4.78 is 41.1. The van der Waals surface area contributed by atoms with Gasteiger partial charge in [-0.2, -0.15) is 8.42 Å². The molecule has 1 heterocycles. The Hall–Kier alpha value is -4.17. The van der Waals surface area contributed by atoms with Crippen molar-refractivity contribution in [2.75, 3.05) is 20.2 Å². The number of amidine groups is 1. The molecule has 8 heteroatoms. The maximum absolute atomic E-state index is 13.0. The van der Waals surface area contributed by atoms with Crippen LogP contribution in [0.5, 0.6) is 5.75 Å². The number of hydrogen-bond acceptors (Lipinski definition) is 6. The van der Waals surface area contributed by atoms with Gasteiger partial charge >= 0.3 is 5.97 Å². The third-order valence-corrected chi connectivity index (χ3v) is 7.51. The fourth-order valence-corrected chi connectivity index (χ4v) is 5.54. The van der Waals surface area contributed by atoms with Crippen LogP contribution in [-0.4, -0.2) is 51.4 Å². The van der Waals surface area contributed by atoms with Crippen molar-refractivity contribution in [1.29, 1.82) is 0 Å². The number of carbonyl (C=O) groups is 1. The molecular weight excluding hydrogens is 488 g/mol. The lowest BCUT2D eigenvalue weighted by atomic mass is 10.1. The Labute approximate surface area is 216 Å². The van der Waals surface area contributed by atoms with Gasteiger partial charge in [0.15, 0.2) is 11.9 Å². The molecule has 1 atom stereocenters. The van der Waals surface area contributed by atoms with Gasteiger partial charge in [-0.25, -0.2) is 4.79 Å². The summed E-state index contributed by atoms with van der Waals surface area (Å²) in [6.45, 7) is 2.18. The second-order valence-corrected chi connectivity index (χ2v) is 10.5. The molecule has 0 N–H and O–H groups in total. The Morgan fingerprint density at radius 2 is 1.62 bits per heavy atom.